The minimum Gasteiger partial charge on any atom is -0.245 e. The molecule has 0 amide bonds. The van der Waals surface area contributed by atoms with Crippen molar-refractivity contribution >= 4 is 21.4 Å². The number of aromatic nitrogens is 2. The van der Waals surface area contributed by atoms with E-state index in [0.29, 0.717) is 0 Å². The van der Waals surface area contributed by atoms with E-state index in [2.05, 4.69) is 14.7 Å². The molecule has 0 saturated heterocycles. The third kappa shape index (κ3) is 3.38. The van der Waals surface area contributed by atoms with E-state index in [0.717, 1.165) is 16.8 Å². The molecule has 0 spiro atoms. The fraction of sp³-hybridized carbons (Fsp3) is 0.0667. The Morgan fingerprint density at radius 2 is 1.86 bits per heavy atom. The number of nitrogens with zero attached hydrogens (tertiary/aromatic N) is 2. The molecule has 3 rings (SSSR count). The lowest BCUT2D eigenvalue weighted by Gasteiger charge is -2.06. The quantitative estimate of drug-likeness (QED) is 0.780. The second-order valence-corrected chi connectivity index (χ2v) is 7.00. The fourth-order valence-corrected chi connectivity index (χ4v) is 3.43. The largest absolute Gasteiger partial charge is 0.258 e. The van der Waals surface area contributed by atoms with E-state index in [1.54, 1.807) is 29.0 Å². The number of hydrogen-bond donors (Lipinski definition) is 1. The molecule has 0 fully saturated rings. The minimum absolute atomic E-state index is 0.0223. The molecule has 2 aromatic heterocycles. The van der Waals surface area contributed by atoms with Crippen LogP contribution in [0.25, 0.3) is 11.3 Å². The molecule has 112 valence electrons. The number of sulfonamides is 1. The highest BCUT2D eigenvalue weighted by Crippen LogP contribution is 2.19. The van der Waals surface area contributed by atoms with Gasteiger partial charge in [0.2, 0.25) is 0 Å². The molecular weight excluding hydrogens is 318 g/mol. The molecule has 5 nitrogen and oxygen atoms in total. The first-order chi connectivity index (χ1) is 10.6. The van der Waals surface area contributed by atoms with Crippen molar-refractivity contribution in [3.05, 3.63) is 65.1 Å². The standard InChI is InChI=1S/C15H13N3O2S2/c19-22(20,15-3-1-2-8-16-15)18-9-12-4-6-13(7-5-12)14-10-21-11-17-14/h1-8,10-11,18H,9H2. The highest BCUT2D eigenvalue weighted by molar-refractivity contribution is 7.89. The van der Waals surface area contributed by atoms with Gasteiger partial charge in [-0.3, -0.25) is 0 Å². The summed E-state index contributed by atoms with van der Waals surface area (Å²) in [6, 6.07) is 12.4. The van der Waals surface area contributed by atoms with Crippen LogP contribution in [0, 0.1) is 0 Å². The number of benzene rings is 1. The van der Waals surface area contributed by atoms with Gasteiger partial charge in [-0.1, -0.05) is 30.3 Å². The van der Waals surface area contributed by atoms with Gasteiger partial charge in [-0.05, 0) is 17.7 Å². The molecule has 0 aliphatic carbocycles. The fourth-order valence-electron chi connectivity index (χ4n) is 1.91. The van der Waals surface area contributed by atoms with Crippen molar-refractivity contribution < 1.29 is 8.42 Å². The normalized spacial score (nSPS) is 11.5. The number of rotatable bonds is 5. The third-order valence-corrected chi connectivity index (χ3v) is 4.96. The topological polar surface area (TPSA) is 72.0 Å². The molecule has 0 unspecified atom stereocenters. The summed E-state index contributed by atoms with van der Waals surface area (Å²) in [5, 5.41) is 1.99. The third-order valence-electron chi connectivity index (χ3n) is 3.06. The van der Waals surface area contributed by atoms with Crippen LogP contribution < -0.4 is 4.72 Å². The molecule has 0 bridgehead atoms. The van der Waals surface area contributed by atoms with Gasteiger partial charge in [0.05, 0.1) is 11.2 Å². The van der Waals surface area contributed by atoms with Crippen molar-refractivity contribution in [3.8, 4) is 11.3 Å². The molecule has 0 atom stereocenters. The van der Waals surface area contributed by atoms with Gasteiger partial charge in [0.1, 0.15) is 0 Å². The SMILES string of the molecule is O=S(=O)(NCc1ccc(-c2cscn2)cc1)c1ccccn1. The van der Waals surface area contributed by atoms with Crippen LogP contribution in [0.3, 0.4) is 0 Å². The lowest BCUT2D eigenvalue weighted by Crippen LogP contribution is -2.24. The summed E-state index contributed by atoms with van der Waals surface area (Å²) >= 11 is 1.54. The highest BCUT2D eigenvalue weighted by atomic mass is 32.2. The van der Waals surface area contributed by atoms with Crippen LogP contribution in [0.1, 0.15) is 5.56 Å². The number of thiazole rings is 1. The zero-order valence-electron chi connectivity index (χ0n) is 11.5. The van der Waals surface area contributed by atoms with Crippen molar-refractivity contribution in [1.82, 2.24) is 14.7 Å². The summed E-state index contributed by atoms with van der Waals surface area (Å²) in [6.07, 6.45) is 1.46. The van der Waals surface area contributed by atoms with Crippen LogP contribution >= 0.6 is 11.3 Å². The smallest absolute Gasteiger partial charge is 0.245 e. The molecule has 1 aromatic carbocycles. The zero-order valence-corrected chi connectivity index (χ0v) is 13.1. The molecule has 0 aliphatic heterocycles. The number of hydrogen-bond acceptors (Lipinski definition) is 5. The molecule has 0 radical (unpaired) electrons. The summed E-state index contributed by atoms with van der Waals surface area (Å²) in [7, 11) is -3.58. The maximum Gasteiger partial charge on any atom is 0.258 e. The van der Waals surface area contributed by atoms with E-state index in [-0.39, 0.29) is 11.6 Å². The van der Waals surface area contributed by atoms with Gasteiger partial charge in [0.25, 0.3) is 10.0 Å². The Labute approximate surface area is 132 Å². The average molecular weight is 331 g/mol. The second-order valence-electron chi connectivity index (χ2n) is 4.56. The summed E-state index contributed by atoms with van der Waals surface area (Å²) < 4.78 is 26.7. The van der Waals surface area contributed by atoms with E-state index in [1.807, 2.05) is 29.6 Å². The Kier molecular flexibility index (Phi) is 4.28. The summed E-state index contributed by atoms with van der Waals surface area (Å²) in [5.74, 6) is 0. The van der Waals surface area contributed by atoms with Gasteiger partial charge in [-0.2, -0.15) is 0 Å². The van der Waals surface area contributed by atoms with Crippen LogP contribution in [0.15, 0.2) is 64.6 Å². The Morgan fingerprint density at radius 1 is 1.05 bits per heavy atom. The predicted octanol–water partition coefficient (Wildman–Crippen LogP) is 2.68. The van der Waals surface area contributed by atoms with Crippen LogP contribution in [-0.4, -0.2) is 18.4 Å². The lowest BCUT2D eigenvalue weighted by molar-refractivity contribution is 0.577. The van der Waals surface area contributed by atoms with Gasteiger partial charge >= 0.3 is 0 Å². The molecular formula is C15H13N3O2S2. The molecule has 22 heavy (non-hydrogen) atoms. The van der Waals surface area contributed by atoms with Gasteiger partial charge in [0, 0.05) is 23.7 Å². The predicted molar refractivity (Wildman–Crippen MR) is 85.8 cm³/mol. The first-order valence-electron chi connectivity index (χ1n) is 6.53. The van der Waals surface area contributed by atoms with E-state index in [1.165, 1.54) is 12.3 Å². The van der Waals surface area contributed by atoms with Gasteiger partial charge < -0.3 is 0 Å². The molecule has 2 heterocycles. The van der Waals surface area contributed by atoms with E-state index in [9.17, 15) is 8.42 Å². The van der Waals surface area contributed by atoms with Crippen molar-refractivity contribution in [1.29, 1.82) is 0 Å². The van der Waals surface area contributed by atoms with Crippen LogP contribution in [-0.2, 0) is 16.6 Å². The van der Waals surface area contributed by atoms with E-state index < -0.39 is 10.0 Å². The Hall–Kier alpha value is -2.09. The minimum atomic E-state index is -3.58. The monoisotopic (exact) mass is 331 g/mol. The Morgan fingerprint density at radius 3 is 2.50 bits per heavy atom. The second kappa shape index (κ2) is 6.35. The van der Waals surface area contributed by atoms with Crippen molar-refractivity contribution in [2.75, 3.05) is 0 Å². The van der Waals surface area contributed by atoms with Gasteiger partial charge in [-0.15, -0.1) is 11.3 Å². The summed E-state index contributed by atoms with van der Waals surface area (Å²) in [5.41, 5.74) is 4.59. The first-order valence-corrected chi connectivity index (χ1v) is 8.96. The Bertz CT molecular complexity index is 830. The average Bonchev–Trinajstić information content (AvgIpc) is 3.09. The number of pyridine rings is 1. The molecule has 0 saturated carbocycles. The number of nitrogens with one attached hydrogen (secondary N) is 1. The molecule has 0 aliphatic rings. The molecule has 3 aromatic rings. The molecule has 7 heteroatoms. The van der Waals surface area contributed by atoms with Crippen LogP contribution in [0.2, 0.25) is 0 Å². The summed E-state index contributed by atoms with van der Waals surface area (Å²) in [6.45, 7) is 0.219. The highest BCUT2D eigenvalue weighted by Gasteiger charge is 2.14. The van der Waals surface area contributed by atoms with Crippen LogP contribution in [0.4, 0.5) is 0 Å². The Balaban J connectivity index is 1.69. The van der Waals surface area contributed by atoms with Crippen molar-refractivity contribution in [3.63, 3.8) is 0 Å². The van der Waals surface area contributed by atoms with Gasteiger partial charge in [-0.25, -0.2) is 23.1 Å². The maximum absolute atomic E-state index is 12.1. The van der Waals surface area contributed by atoms with Crippen molar-refractivity contribution in [2.45, 2.75) is 11.6 Å². The molecule has 1 N–H and O–H groups in total. The van der Waals surface area contributed by atoms with Crippen molar-refractivity contribution in [2.24, 2.45) is 0 Å². The van der Waals surface area contributed by atoms with E-state index >= 15 is 0 Å². The van der Waals surface area contributed by atoms with Gasteiger partial charge in [0.15, 0.2) is 5.03 Å². The maximum atomic E-state index is 12.1. The first kappa shape index (κ1) is 14.8. The lowest BCUT2D eigenvalue weighted by atomic mass is 10.1. The zero-order chi connectivity index (χ0) is 15.4. The van der Waals surface area contributed by atoms with E-state index in [4.69, 9.17) is 0 Å². The summed E-state index contributed by atoms with van der Waals surface area (Å²) in [4.78, 5) is 8.09. The van der Waals surface area contributed by atoms with Crippen LogP contribution in [0.5, 0.6) is 0 Å².